The molecule has 2 aliphatic rings. The zero-order valence-corrected chi connectivity index (χ0v) is 21.5. The van der Waals surface area contributed by atoms with E-state index in [-0.39, 0.29) is 34.9 Å². The van der Waals surface area contributed by atoms with Crippen LogP contribution in [0, 0.1) is 5.92 Å². The van der Waals surface area contributed by atoms with Gasteiger partial charge in [-0.15, -0.1) is 0 Å². The van der Waals surface area contributed by atoms with Crippen molar-refractivity contribution in [1.29, 1.82) is 0 Å². The number of fused-ring (bicyclic) bond motifs is 7. The number of aromatic hydroxyl groups is 1. The van der Waals surface area contributed by atoms with Crippen molar-refractivity contribution < 1.29 is 19.4 Å². The van der Waals surface area contributed by atoms with Crippen LogP contribution < -0.4 is 10.5 Å². The highest BCUT2D eigenvalue weighted by Gasteiger charge is 2.25. The molecule has 184 valence electrons. The van der Waals surface area contributed by atoms with Gasteiger partial charge in [0.2, 0.25) is 0 Å². The van der Waals surface area contributed by atoms with Crippen LogP contribution in [0.3, 0.4) is 0 Å². The molecule has 1 aliphatic heterocycles. The fourth-order valence-corrected chi connectivity index (χ4v) is 7.48. The number of allylic oxidation sites excluding steroid dienone is 2. The summed E-state index contributed by atoms with van der Waals surface area (Å²) in [6.07, 6.45) is 11.3. The second-order valence-electron chi connectivity index (χ2n) is 8.87. The lowest BCUT2D eigenvalue weighted by Gasteiger charge is -2.26. The van der Waals surface area contributed by atoms with Crippen molar-refractivity contribution >= 4 is 45.0 Å². The Balaban J connectivity index is 1.93. The monoisotopic (exact) mass is 510 g/mol. The second kappa shape index (κ2) is 11.4. The highest BCUT2D eigenvalue weighted by atomic mass is 33.1. The fourth-order valence-electron chi connectivity index (χ4n) is 4.53. The van der Waals surface area contributed by atoms with Crippen molar-refractivity contribution in [1.82, 2.24) is 4.98 Å². The molecule has 2 heterocycles. The number of anilines is 1. The minimum Gasteiger partial charge on any atom is -0.504 e. The van der Waals surface area contributed by atoms with Crippen LogP contribution in [-0.2, 0) is 15.3 Å². The maximum atomic E-state index is 12.6. The Morgan fingerprint density at radius 3 is 2.80 bits per heavy atom. The summed E-state index contributed by atoms with van der Waals surface area (Å²) in [7, 11) is 5.02. The van der Waals surface area contributed by atoms with E-state index in [1.165, 1.54) is 13.2 Å². The van der Waals surface area contributed by atoms with E-state index in [1.807, 2.05) is 0 Å². The third kappa shape index (κ3) is 5.93. The molecule has 2 aromatic rings. The predicted octanol–water partition coefficient (Wildman–Crippen LogP) is 5.69. The predicted molar refractivity (Wildman–Crippen MR) is 144 cm³/mol. The Morgan fingerprint density at radius 1 is 1.20 bits per heavy atom. The maximum Gasteiger partial charge on any atom is 0.163 e. The van der Waals surface area contributed by atoms with E-state index in [9.17, 15) is 14.7 Å². The molecule has 1 aromatic heterocycles. The quantitative estimate of drug-likeness (QED) is 0.302. The van der Waals surface area contributed by atoms with Crippen LogP contribution in [0.15, 0.2) is 42.6 Å². The van der Waals surface area contributed by atoms with Crippen LogP contribution in [0.25, 0.3) is 6.08 Å². The Hall–Kier alpha value is -2.71. The number of nitrogens with zero attached hydrogens (tertiary/aromatic N) is 1. The number of hydrogen-bond donors (Lipinski definition) is 2. The van der Waals surface area contributed by atoms with Gasteiger partial charge in [-0.2, -0.15) is 0 Å². The Morgan fingerprint density at radius 2 is 2.03 bits per heavy atom. The zero-order chi connectivity index (χ0) is 24.9. The van der Waals surface area contributed by atoms with Crippen LogP contribution >= 0.6 is 21.6 Å². The lowest BCUT2D eigenvalue weighted by molar-refractivity contribution is -0.124. The minimum absolute atomic E-state index is 0.0179. The molecule has 4 rings (SSSR count). The Labute approximate surface area is 213 Å². The molecule has 8 heteroatoms. The van der Waals surface area contributed by atoms with Crippen LogP contribution in [0.5, 0.6) is 11.5 Å². The third-order valence-electron chi connectivity index (χ3n) is 6.59. The maximum absolute atomic E-state index is 12.6. The molecule has 0 unspecified atom stereocenters. The lowest BCUT2D eigenvalue weighted by Crippen LogP contribution is -2.17. The topological polar surface area (TPSA) is 103 Å². The Bertz CT molecular complexity index is 1180. The summed E-state index contributed by atoms with van der Waals surface area (Å²) in [6.45, 7) is 2.14. The van der Waals surface area contributed by atoms with Gasteiger partial charge in [-0.3, -0.25) is 9.59 Å². The number of Topliss-reactive ketones (excluding diaryl/α,β-unsaturated/α-hetero) is 1. The summed E-state index contributed by atoms with van der Waals surface area (Å²) >= 11 is 0. The molecular formula is C27H30N2O4S2. The molecule has 3 atom stereocenters. The summed E-state index contributed by atoms with van der Waals surface area (Å²) in [5, 5.41) is 10.8. The Kier molecular flexibility index (Phi) is 8.23. The summed E-state index contributed by atoms with van der Waals surface area (Å²) in [5.41, 5.74) is 9.66. The van der Waals surface area contributed by atoms with E-state index in [1.54, 1.807) is 46.0 Å². The summed E-state index contributed by atoms with van der Waals surface area (Å²) in [4.78, 5) is 29.6. The van der Waals surface area contributed by atoms with Gasteiger partial charge in [0.25, 0.3) is 0 Å². The first-order valence-electron chi connectivity index (χ1n) is 11.7. The molecule has 0 amide bonds. The molecule has 0 saturated carbocycles. The molecule has 0 spiro atoms. The van der Waals surface area contributed by atoms with Gasteiger partial charge >= 0.3 is 0 Å². The highest BCUT2D eigenvalue weighted by Crippen LogP contribution is 2.43. The second-order valence-corrected chi connectivity index (χ2v) is 11.4. The molecule has 1 aliphatic carbocycles. The van der Waals surface area contributed by atoms with E-state index < -0.39 is 0 Å². The van der Waals surface area contributed by atoms with E-state index in [0.29, 0.717) is 23.9 Å². The van der Waals surface area contributed by atoms with Gasteiger partial charge in [0.15, 0.2) is 17.3 Å². The van der Waals surface area contributed by atoms with Crippen molar-refractivity contribution in [2.75, 3.05) is 12.8 Å². The molecule has 1 aromatic carbocycles. The number of nitrogens with two attached hydrogens (primary N) is 1. The van der Waals surface area contributed by atoms with E-state index in [4.69, 9.17) is 10.5 Å². The molecule has 0 saturated heterocycles. The average molecular weight is 511 g/mol. The number of hydrogen-bond acceptors (Lipinski definition) is 8. The van der Waals surface area contributed by atoms with Gasteiger partial charge in [-0.1, -0.05) is 53.2 Å². The number of aromatic nitrogens is 1. The molecule has 3 N–H and O–H groups in total. The average Bonchev–Trinajstić information content (AvgIpc) is 2.84. The van der Waals surface area contributed by atoms with Crippen molar-refractivity contribution in [2.45, 2.75) is 49.5 Å². The van der Waals surface area contributed by atoms with Gasteiger partial charge in [0, 0.05) is 35.1 Å². The lowest BCUT2D eigenvalue weighted by atomic mass is 9.85. The summed E-state index contributed by atoms with van der Waals surface area (Å²) in [5.74, 6) is 1.37. The van der Waals surface area contributed by atoms with Gasteiger partial charge < -0.3 is 15.6 Å². The number of pyridine rings is 1. The molecule has 0 fully saturated rings. The van der Waals surface area contributed by atoms with Crippen LogP contribution in [0.1, 0.15) is 60.8 Å². The molecule has 0 radical (unpaired) electrons. The number of carbonyl (C=O) groups is 2. The molecule has 6 nitrogen and oxygen atoms in total. The SMILES string of the molecule is CC[C@H]1CCC(=O)CC(=O)C=Cc2cc(OC)c(O)cc2[C@H]2C=C[C@H]1SSCc1cc2cnc1N. The molecule has 35 heavy (non-hydrogen) atoms. The number of ether oxygens (including phenoxy) is 1. The number of methoxy groups -OCH3 is 1. The fraction of sp³-hybridized carbons (Fsp3) is 0.370. The minimum atomic E-state index is -0.232. The van der Waals surface area contributed by atoms with E-state index in [2.05, 4.69) is 30.1 Å². The van der Waals surface area contributed by atoms with Crippen molar-refractivity contribution in [3.05, 3.63) is 64.9 Å². The van der Waals surface area contributed by atoms with Crippen LogP contribution in [0.2, 0.25) is 0 Å². The smallest absolute Gasteiger partial charge is 0.163 e. The van der Waals surface area contributed by atoms with Gasteiger partial charge in [-0.25, -0.2) is 4.98 Å². The molecule has 4 bridgehead atoms. The van der Waals surface area contributed by atoms with Crippen molar-refractivity contribution in [3.63, 3.8) is 0 Å². The summed E-state index contributed by atoms with van der Waals surface area (Å²) < 4.78 is 5.34. The van der Waals surface area contributed by atoms with E-state index in [0.717, 1.165) is 40.8 Å². The highest BCUT2D eigenvalue weighted by molar-refractivity contribution is 8.76. The van der Waals surface area contributed by atoms with Gasteiger partial charge in [-0.05, 0) is 53.3 Å². The van der Waals surface area contributed by atoms with E-state index >= 15 is 0 Å². The number of nitrogen functional groups attached to an aromatic ring is 1. The number of ketones is 2. The number of phenols is 1. The van der Waals surface area contributed by atoms with Crippen LogP contribution in [0.4, 0.5) is 5.82 Å². The number of rotatable bonds is 2. The first kappa shape index (κ1) is 25.4. The van der Waals surface area contributed by atoms with Crippen molar-refractivity contribution in [3.8, 4) is 11.5 Å². The number of carbonyl (C=O) groups excluding carboxylic acids is 2. The first-order valence-corrected chi connectivity index (χ1v) is 14.1. The zero-order valence-electron chi connectivity index (χ0n) is 19.9. The number of benzene rings is 1. The van der Waals surface area contributed by atoms with Crippen LogP contribution in [-0.4, -0.2) is 34.0 Å². The standard InChI is InChI=1S/C27H30N2O4S2/c1-3-16-4-6-20(30)12-21(31)7-5-17-11-25(33-2)24(32)13-23(17)22-8-9-26(16)35-34-15-19-10-18(22)14-29-27(19)28/h5,7-11,13-14,16,22,26,32H,3-4,6,12,15H2,1-2H3,(H2,28,29)/t16-,22-,26+/m0/s1. The summed E-state index contributed by atoms with van der Waals surface area (Å²) in [6, 6.07) is 5.48. The third-order valence-corrected chi connectivity index (χ3v) is 9.35. The number of phenolic OH excluding ortho intramolecular Hbond substituents is 1. The molecular weight excluding hydrogens is 480 g/mol. The van der Waals surface area contributed by atoms with Gasteiger partial charge in [0.05, 0.1) is 13.5 Å². The van der Waals surface area contributed by atoms with Crippen molar-refractivity contribution in [2.24, 2.45) is 5.92 Å². The van der Waals surface area contributed by atoms with Gasteiger partial charge in [0.1, 0.15) is 11.6 Å². The normalized spacial score (nSPS) is 23.0. The largest absolute Gasteiger partial charge is 0.504 e. The first-order chi connectivity index (χ1) is 16.9.